The Morgan fingerprint density at radius 1 is 1.26 bits per heavy atom. The van der Waals surface area contributed by atoms with Crippen LogP contribution in [-0.4, -0.2) is 53.5 Å². The Labute approximate surface area is 172 Å². The van der Waals surface area contributed by atoms with Crippen LogP contribution in [0.4, 0.5) is 10.5 Å². The van der Waals surface area contributed by atoms with E-state index < -0.39 is 28.5 Å². The summed E-state index contributed by atoms with van der Waals surface area (Å²) in [5, 5.41) is 11.4. The molecule has 1 amide bonds. The number of carbonyl (C=O) groups excluding carboxylic acids is 2. The molecular formula is C17H21Cl3N2O5. The van der Waals surface area contributed by atoms with E-state index in [4.69, 9.17) is 34.8 Å². The molecule has 0 saturated carbocycles. The van der Waals surface area contributed by atoms with Crippen molar-refractivity contribution in [2.24, 2.45) is 0 Å². The van der Waals surface area contributed by atoms with Crippen molar-refractivity contribution in [2.75, 3.05) is 25.6 Å². The van der Waals surface area contributed by atoms with Crippen LogP contribution in [0.25, 0.3) is 0 Å². The first kappa shape index (κ1) is 23.3. The van der Waals surface area contributed by atoms with Crippen LogP contribution in [-0.2, 0) is 9.53 Å². The summed E-state index contributed by atoms with van der Waals surface area (Å²) in [6, 6.07) is 4.06. The molecule has 0 aliphatic carbocycles. The minimum Gasteiger partial charge on any atom is -0.480 e. The number of alkyl halides is 3. The average molecular weight is 440 g/mol. The topological polar surface area (TPSA) is 95.9 Å². The smallest absolute Gasteiger partial charge is 0.407 e. The fourth-order valence-electron chi connectivity index (χ4n) is 2.25. The number of aryl methyl sites for hydroxylation is 1. The van der Waals surface area contributed by atoms with E-state index >= 15 is 0 Å². The summed E-state index contributed by atoms with van der Waals surface area (Å²) < 4.78 is 2.84. The average Bonchev–Trinajstić information content (AvgIpc) is 2.55. The van der Waals surface area contributed by atoms with Gasteiger partial charge in [0.2, 0.25) is 3.79 Å². The first-order chi connectivity index (χ1) is 12.4. The highest BCUT2D eigenvalue weighted by molar-refractivity contribution is 6.67. The van der Waals surface area contributed by atoms with Crippen molar-refractivity contribution in [3.8, 4) is 0 Å². The number of aliphatic carboxylic acids is 1. The maximum atomic E-state index is 12.5. The number of carboxylic acid groups (broad SMARTS) is 1. The molecule has 0 saturated heterocycles. The van der Waals surface area contributed by atoms with Gasteiger partial charge >= 0.3 is 12.1 Å². The molecule has 0 heterocycles. The number of hydrogen-bond donors (Lipinski definition) is 2. The molecule has 0 radical (unpaired) electrons. The van der Waals surface area contributed by atoms with Gasteiger partial charge in [0.15, 0.2) is 5.78 Å². The minimum absolute atomic E-state index is 0.0778. The SMILES string of the molecule is Cc1ccc(C(=O)CCC(NC(=O)OCC(Cl)(Cl)Cl)C(=O)O)c(N(C)C)c1. The van der Waals surface area contributed by atoms with Gasteiger partial charge in [-0.3, -0.25) is 4.79 Å². The summed E-state index contributed by atoms with van der Waals surface area (Å²) >= 11 is 16.4. The van der Waals surface area contributed by atoms with Crippen molar-refractivity contribution in [3.05, 3.63) is 29.3 Å². The van der Waals surface area contributed by atoms with Crippen molar-refractivity contribution in [1.29, 1.82) is 0 Å². The second kappa shape index (κ2) is 10.0. The van der Waals surface area contributed by atoms with Crippen LogP contribution in [0.15, 0.2) is 18.2 Å². The number of hydrogen-bond acceptors (Lipinski definition) is 5. The molecule has 1 atom stereocenters. The molecule has 0 aliphatic heterocycles. The maximum absolute atomic E-state index is 12.5. The summed E-state index contributed by atoms with van der Waals surface area (Å²) in [4.78, 5) is 37.3. The van der Waals surface area contributed by atoms with E-state index in [1.54, 1.807) is 17.0 Å². The lowest BCUT2D eigenvalue weighted by Crippen LogP contribution is -2.42. The summed E-state index contributed by atoms with van der Waals surface area (Å²) in [5.74, 6) is -1.54. The third-order valence-corrected chi connectivity index (χ3v) is 3.88. The van der Waals surface area contributed by atoms with E-state index in [0.29, 0.717) is 5.56 Å². The number of ketones is 1. The van der Waals surface area contributed by atoms with Gasteiger partial charge in [0.05, 0.1) is 0 Å². The molecule has 2 N–H and O–H groups in total. The van der Waals surface area contributed by atoms with Crippen LogP contribution in [0.5, 0.6) is 0 Å². The Balaban J connectivity index is 2.74. The van der Waals surface area contributed by atoms with Crippen LogP contribution < -0.4 is 10.2 Å². The molecule has 27 heavy (non-hydrogen) atoms. The van der Waals surface area contributed by atoms with Crippen molar-refractivity contribution >= 4 is 58.3 Å². The molecule has 0 fully saturated rings. The zero-order chi connectivity index (χ0) is 20.8. The lowest BCUT2D eigenvalue weighted by atomic mass is 10.00. The van der Waals surface area contributed by atoms with E-state index in [9.17, 15) is 19.5 Å². The minimum atomic E-state index is -1.81. The van der Waals surface area contributed by atoms with Crippen LogP contribution in [0, 0.1) is 6.92 Å². The number of ether oxygens (including phenoxy) is 1. The van der Waals surface area contributed by atoms with E-state index in [1.807, 2.05) is 27.1 Å². The van der Waals surface area contributed by atoms with Crippen molar-refractivity contribution in [2.45, 2.75) is 29.6 Å². The number of nitrogens with one attached hydrogen (secondary N) is 1. The van der Waals surface area contributed by atoms with Gasteiger partial charge in [-0.2, -0.15) is 0 Å². The quantitative estimate of drug-likeness (QED) is 0.475. The number of rotatable bonds is 8. The van der Waals surface area contributed by atoms with Crippen LogP contribution in [0.1, 0.15) is 28.8 Å². The summed E-state index contributed by atoms with van der Waals surface area (Å²) in [6.45, 7) is 1.37. The van der Waals surface area contributed by atoms with Crippen molar-refractivity contribution in [3.63, 3.8) is 0 Å². The van der Waals surface area contributed by atoms with Crippen LogP contribution in [0.2, 0.25) is 0 Å². The zero-order valence-electron chi connectivity index (χ0n) is 15.1. The Morgan fingerprint density at radius 2 is 1.89 bits per heavy atom. The lowest BCUT2D eigenvalue weighted by Gasteiger charge is -2.19. The van der Waals surface area contributed by atoms with E-state index in [1.165, 1.54) is 0 Å². The molecule has 1 rings (SSSR count). The van der Waals surface area contributed by atoms with E-state index in [0.717, 1.165) is 11.3 Å². The highest BCUT2D eigenvalue weighted by atomic mass is 35.6. The van der Waals surface area contributed by atoms with Gasteiger partial charge in [0.1, 0.15) is 12.6 Å². The van der Waals surface area contributed by atoms with Gasteiger partial charge < -0.3 is 20.1 Å². The second-order valence-corrected chi connectivity index (χ2v) is 8.62. The molecule has 1 unspecified atom stereocenters. The van der Waals surface area contributed by atoms with Crippen LogP contribution >= 0.6 is 34.8 Å². The summed E-state index contributed by atoms with van der Waals surface area (Å²) in [6.07, 6.45) is -1.24. The van der Waals surface area contributed by atoms with Gasteiger partial charge in [-0.15, -0.1) is 0 Å². The summed E-state index contributed by atoms with van der Waals surface area (Å²) in [7, 11) is 3.63. The fourth-order valence-corrected chi connectivity index (χ4v) is 2.41. The highest BCUT2D eigenvalue weighted by Crippen LogP contribution is 2.26. The first-order valence-corrected chi connectivity index (χ1v) is 9.08. The van der Waals surface area contributed by atoms with Gasteiger partial charge in [-0.05, 0) is 31.0 Å². The fraction of sp³-hybridized carbons (Fsp3) is 0.471. The molecular weight excluding hydrogens is 419 g/mol. The molecule has 0 aliphatic rings. The summed E-state index contributed by atoms with van der Waals surface area (Å²) in [5.41, 5.74) is 2.22. The maximum Gasteiger partial charge on any atom is 0.407 e. The lowest BCUT2D eigenvalue weighted by molar-refractivity contribution is -0.139. The van der Waals surface area contributed by atoms with Crippen molar-refractivity contribution < 1.29 is 24.2 Å². The molecule has 1 aromatic rings. The molecule has 7 nitrogen and oxygen atoms in total. The van der Waals surface area contributed by atoms with Gasteiger partial charge in [-0.1, -0.05) is 40.9 Å². The Kier molecular flexibility index (Phi) is 8.65. The number of amides is 1. The molecule has 1 aromatic carbocycles. The number of carbonyl (C=O) groups is 3. The zero-order valence-corrected chi connectivity index (χ0v) is 17.4. The molecule has 0 spiro atoms. The number of anilines is 1. The van der Waals surface area contributed by atoms with E-state index in [2.05, 4.69) is 10.1 Å². The van der Waals surface area contributed by atoms with Crippen LogP contribution in [0.3, 0.4) is 0 Å². The third kappa shape index (κ3) is 8.24. The predicted octanol–water partition coefficient (Wildman–Crippen LogP) is 3.57. The van der Waals surface area contributed by atoms with Gasteiger partial charge in [-0.25, -0.2) is 9.59 Å². The Hall–Kier alpha value is -1.70. The number of nitrogens with zero attached hydrogens (tertiary/aromatic N) is 1. The Morgan fingerprint density at radius 3 is 2.41 bits per heavy atom. The highest BCUT2D eigenvalue weighted by Gasteiger charge is 2.26. The Bertz CT molecular complexity index is 704. The molecule has 0 bridgehead atoms. The molecule has 0 aromatic heterocycles. The monoisotopic (exact) mass is 438 g/mol. The number of halogens is 3. The number of alkyl carbamates (subject to hydrolysis) is 1. The first-order valence-electron chi connectivity index (χ1n) is 7.94. The number of benzene rings is 1. The molecule has 150 valence electrons. The number of carboxylic acids is 1. The van der Waals surface area contributed by atoms with Gasteiger partial charge in [0, 0.05) is 31.8 Å². The van der Waals surface area contributed by atoms with Gasteiger partial charge in [0.25, 0.3) is 0 Å². The number of Topliss-reactive ketones (excluding diaryl/α,β-unsaturated/α-hetero) is 1. The second-order valence-electron chi connectivity index (χ2n) is 6.10. The third-order valence-electron chi connectivity index (χ3n) is 3.55. The van der Waals surface area contributed by atoms with Crippen molar-refractivity contribution in [1.82, 2.24) is 5.32 Å². The normalized spacial score (nSPS) is 12.2. The molecule has 10 heteroatoms. The van der Waals surface area contributed by atoms with E-state index in [-0.39, 0.29) is 18.6 Å². The largest absolute Gasteiger partial charge is 0.480 e. The standard InChI is InChI=1S/C17H21Cl3N2O5/c1-10-4-5-11(13(8-10)22(2)3)14(23)7-6-12(15(24)25)21-16(26)27-9-17(18,19)20/h4-5,8,12H,6-7,9H2,1-3H3,(H,21,26)(H,24,25). The predicted molar refractivity (Wildman–Crippen MR) is 105 cm³/mol.